The number of hydrogen-bond donors (Lipinski definition) is 2. The van der Waals surface area contributed by atoms with Crippen LogP contribution in [0, 0.1) is 5.41 Å². The van der Waals surface area contributed by atoms with Crippen LogP contribution in [0.1, 0.15) is 12.0 Å². The number of nitrogen functional groups attached to an aromatic ring is 1. The van der Waals surface area contributed by atoms with Crippen molar-refractivity contribution in [1.29, 1.82) is 5.41 Å². The quantitative estimate of drug-likeness (QED) is 0.462. The van der Waals surface area contributed by atoms with E-state index >= 15 is 0 Å². The number of halogens is 4. The molecule has 0 aliphatic heterocycles. The summed E-state index contributed by atoms with van der Waals surface area (Å²) in [6.07, 6.45) is -4.01. The average Bonchev–Trinajstić information content (AvgIpc) is 2.33. The molecule has 0 heterocycles. The largest absolute Gasteiger partial charge is 0.492 e. The predicted octanol–water partition coefficient (Wildman–Crippen LogP) is 2.97. The molecule has 3 N–H and O–H groups in total. The molecule has 0 fully saturated rings. The lowest BCUT2D eigenvalue weighted by Gasteiger charge is -2.10. The molecule has 8 heteroatoms. The summed E-state index contributed by atoms with van der Waals surface area (Å²) >= 11 is 5.92. The number of hydrogen-bond acceptors (Lipinski definition) is 3. The monoisotopic (exact) mass is 310 g/mol. The van der Waals surface area contributed by atoms with Gasteiger partial charge in [-0.05, 0) is 18.2 Å². The van der Waals surface area contributed by atoms with Crippen molar-refractivity contribution < 1.29 is 22.6 Å². The van der Waals surface area contributed by atoms with E-state index in [0.29, 0.717) is 17.7 Å². The van der Waals surface area contributed by atoms with E-state index in [-0.39, 0.29) is 24.1 Å². The Morgan fingerprint density at radius 1 is 1.30 bits per heavy atom. The van der Waals surface area contributed by atoms with Gasteiger partial charge in [0.25, 0.3) is 0 Å². The van der Waals surface area contributed by atoms with Crippen molar-refractivity contribution >= 4 is 17.4 Å². The molecule has 1 aromatic rings. The van der Waals surface area contributed by atoms with Crippen molar-refractivity contribution in [3.05, 3.63) is 28.8 Å². The van der Waals surface area contributed by atoms with Gasteiger partial charge < -0.3 is 15.2 Å². The summed E-state index contributed by atoms with van der Waals surface area (Å²) in [6.45, 7) is -1.14. The summed E-state index contributed by atoms with van der Waals surface area (Å²) in [5, 5.41) is 7.52. The minimum atomic E-state index is -4.31. The Morgan fingerprint density at radius 2 is 2.00 bits per heavy atom. The second kappa shape index (κ2) is 7.35. The molecule has 0 bridgehead atoms. The lowest BCUT2D eigenvalue weighted by molar-refractivity contribution is -0.174. The van der Waals surface area contributed by atoms with E-state index in [9.17, 15) is 13.2 Å². The maximum absolute atomic E-state index is 11.8. The van der Waals surface area contributed by atoms with E-state index in [4.69, 9.17) is 27.5 Å². The zero-order valence-corrected chi connectivity index (χ0v) is 11.2. The van der Waals surface area contributed by atoms with Gasteiger partial charge in [0.15, 0.2) is 0 Å². The molecular formula is C12H14ClF3N2O2. The fourth-order valence-electron chi connectivity index (χ4n) is 1.32. The van der Waals surface area contributed by atoms with Crippen molar-refractivity contribution in [3.8, 4) is 5.75 Å². The van der Waals surface area contributed by atoms with Gasteiger partial charge in [0.1, 0.15) is 18.2 Å². The van der Waals surface area contributed by atoms with Gasteiger partial charge in [-0.15, -0.1) is 0 Å². The predicted molar refractivity (Wildman–Crippen MR) is 69.5 cm³/mol. The molecule has 1 rings (SSSR count). The van der Waals surface area contributed by atoms with E-state index in [1.807, 2.05) is 0 Å². The Balaban J connectivity index is 2.31. The van der Waals surface area contributed by atoms with Crippen molar-refractivity contribution in [1.82, 2.24) is 0 Å². The molecule has 0 unspecified atom stereocenters. The highest BCUT2D eigenvalue weighted by Gasteiger charge is 2.27. The second-order valence-electron chi connectivity index (χ2n) is 3.93. The molecule has 20 heavy (non-hydrogen) atoms. The zero-order chi connectivity index (χ0) is 15.2. The van der Waals surface area contributed by atoms with Crippen LogP contribution >= 0.6 is 11.6 Å². The molecule has 0 aromatic heterocycles. The molecule has 0 saturated carbocycles. The fraction of sp³-hybridized carbons (Fsp3) is 0.417. The minimum absolute atomic E-state index is 0.0529. The standard InChI is InChI=1S/C12H14ClF3N2O2/c13-9-6-8(11(17)18)2-3-10(9)20-5-1-4-19-7-12(14,15)16/h2-3,6H,1,4-5,7H2,(H3,17,18). The molecule has 0 saturated heterocycles. The summed E-state index contributed by atoms with van der Waals surface area (Å²) in [7, 11) is 0. The lowest BCUT2D eigenvalue weighted by atomic mass is 10.2. The number of nitrogens with one attached hydrogen (secondary N) is 1. The van der Waals surface area contributed by atoms with Crippen molar-refractivity contribution in [2.75, 3.05) is 19.8 Å². The van der Waals surface area contributed by atoms with Crippen LogP contribution in [-0.2, 0) is 4.74 Å². The van der Waals surface area contributed by atoms with Gasteiger partial charge >= 0.3 is 6.18 Å². The maximum atomic E-state index is 11.8. The molecular weight excluding hydrogens is 297 g/mol. The van der Waals surface area contributed by atoms with E-state index in [2.05, 4.69) is 4.74 Å². The minimum Gasteiger partial charge on any atom is -0.492 e. The third-order valence-electron chi connectivity index (χ3n) is 2.20. The second-order valence-corrected chi connectivity index (χ2v) is 4.34. The third kappa shape index (κ3) is 6.12. The zero-order valence-electron chi connectivity index (χ0n) is 10.5. The van der Waals surface area contributed by atoms with Crippen molar-refractivity contribution in [2.45, 2.75) is 12.6 Å². The first-order valence-corrected chi connectivity index (χ1v) is 6.08. The van der Waals surface area contributed by atoms with Gasteiger partial charge in [-0.3, -0.25) is 5.41 Å². The molecule has 0 aliphatic rings. The summed E-state index contributed by atoms with van der Waals surface area (Å²) < 4.78 is 45.1. The maximum Gasteiger partial charge on any atom is 0.411 e. The highest BCUT2D eigenvalue weighted by atomic mass is 35.5. The molecule has 4 nitrogen and oxygen atoms in total. The van der Waals surface area contributed by atoms with Gasteiger partial charge in [-0.25, -0.2) is 0 Å². The fourth-order valence-corrected chi connectivity index (χ4v) is 1.55. The third-order valence-corrected chi connectivity index (χ3v) is 2.49. The van der Waals surface area contributed by atoms with E-state index in [1.165, 1.54) is 6.07 Å². The lowest BCUT2D eigenvalue weighted by Crippen LogP contribution is -2.18. The summed E-state index contributed by atoms with van der Waals surface area (Å²) in [6, 6.07) is 4.61. The number of benzene rings is 1. The molecule has 1 aromatic carbocycles. The number of ether oxygens (including phenoxy) is 2. The van der Waals surface area contributed by atoms with Crippen LogP contribution in [0.4, 0.5) is 13.2 Å². The van der Waals surface area contributed by atoms with Crippen LogP contribution in [0.2, 0.25) is 5.02 Å². The van der Waals surface area contributed by atoms with Crippen LogP contribution < -0.4 is 10.5 Å². The Kier molecular flexibility index (Phi) is 6.09. The SMILES string of the molecule is N=C(N)c1ccc(OCCCOCC(F)(F)F)c(Cl)c1. The van der Waals surface area contributed by atoms with Crippen molar-refractivity contribution in [2.24, 2.45) is 5.73 Å². The highest BCUT2D eigenvalue weighted by molar-refractivity contribution is 6.32. The van der Waals surface area contributed by atoms with Crippen LogP contribution in [0.25, 0.3) is 0 Å². The van der Waals surface area contributed by atoms with Gasteiger partial charge in [0.2, 0.25) is 0 Å². The molecule has 0 spiro atoms. The number of alkyl halides is 3. The molecule has 0 radical (unpaired) electrons. The topological polar surface area (TPSA) is 68.3 Å². The Hall–Kier alpha value is -1.47. The van der Waals surface area contributed by atoms with Crippen molar-refractivity contribution in [3.63, 3.8) is 0 Å². The number of amidine groups is 1. The van der Waals surface area contributed by atoms with E-state index < -0.39 is 12.8 Å². The van der Waals surface area contributed by atoms with Gasteiger partial charge in [0.05, 0.1) is 18.2 Å². The first kappa shape index (κ1) is 16.6. The number of rotatable bonds is 7. The smallest absolute Gasteiger partial charge is 0.411 e. The molecule has 0 amide bonds. The highest BCUT2D eigenvalue weighted by Crippen LogP contribution is 2.25. The summed E-state index contributed by atoms with van der Waals surface area (Å²) in [5.74, 6) is 0.270. The van der Waals surface area contributed by atoms with E-state index in [1.54, 1.807) is 12.1 Å². The average molecular weight is 311 g/mol. The summed E-state index contributed by atoms with van der Waals surface area (Å²) in [5.41, 5.74) is 5.77. The molecule has 112 valence electrons. The van der Waals surface area contributed by atoms with Crippen LogP contribution in [0.15, 0.2) is 18.2 Å². The first-order valence-electron chi connectivity index (χ1n) is 5.71. The van der Waals surface area contributed by atoms with Crippen LogP contribution in [-0.4, -0.2) is 31.8 Å². The molecule has 0 atom stereocenters. The van der Waals surface area contributed by atoms with Crippen LogP contribution in [0.5, 0.6) is 5.75 Å². The summed E-state index contributed by atoms with van der Waals surface area (Å²) in [4.78, 5) is 0. The molecule has 0 aliphatic carbocycles. The Bertz CT molecular complexity index is 467. The van der Waals surface area contributed by atoms with E-state index in [0.717, 1.165) is 0 Å². The Labute approximate surface area is 119 Å². The Morgan fingerprint density at radius 3 is 2.55 bits per heavy atom. The van der Waals surface area contributed by atoms with Gasteiger partial charge in [-0.2, -0.15) is 13.2 Å². The van der Waals surface area contributed by atoms with Gasteiger partial charge in [-0.1, -0.05) is 11.6 Å². The number of nitrogens with two attached hydrogens (primary N) is 1. The van der Waals surface area contributed by atoms with Crippen LogP contribution in [0.3, 0.4) is 0 Å². The normalized spacial score (nSPS) is 11.4. The van der Waals surface area contributed by atoms with Gasteiger partial charge in [0, 0.05) is 12.0 Å². The first-order chi connectivity index (χ1) is 9.29.